The average molecular weight is 203 g/mol. The lowest BCUT2D eigenvalue weighted by Gasteiger charge is -2.35. The van der Waals surface area contributed by atoms with E-state index >= 15 is 0 Å². The van der Waals surface area contributed by atoms with Crippen molar-refractivity contribution < 1.29 is 34.8 Å². The van der Waals surface area contributed by atoms with Crippen molar-refractivity contribution in [3.8, 4) is 0 Å². The Bertz CT molecular complexity index is 271. The van der Waals surface area contributed by atoms with E-state index in [9.17, 15) is 34.8 Å². The maximum absolute atomic E-state index is 10.4. The predicted molar refractivity (Wildman–Crippen MR) is 33.8 cm³/mol. The summed E-state index contributed by atoms with van der Waals surface area (Å²) in [6, 6.07) is 0. The number of aliphatic hydroxyl groups is 1. The third-order valence-electron chi connectivity index (χ3n) is 1.84. The standard InChI is InChI=1S/C7H10O7/c1-3(5(10)11)7(14,6(12)13)2-4(8)9/h3,14H,2H2,1H3,(H,8,9)(H,10,11)(H,12,13)/p-3/t3-,7+/m1/s1. The fourth-order valence-electron chi connectivity index (χ4n) is 0.817. The van der Waals surface area contributed by atoms with Crippen molar-refractivity contribution >= 4 is 17.9 Å². The minimum absolute atomic E-state index is 0.800. The van der Waals surface area contributed by atoms with Crippen LogP contribution < -0.4 is 15.3 Å². The van der Waals surface area contributed by atoms with Gasteiger partial charge in [0.15, 0.2) is 0 Å². The van der Waals surface area contributed by atoms with Gasteiger partial charge in [-0.15, -0.1) is 0 Å². The zero-order valence-corrected chi connectivity index (χ0v) is 7.18. The van der Waals surface area contributed by atoms with Crippen molar-refractivity contribution in [2.75, 3.05) is 0 Å². The number of carboxylic acid groups (broad SMARTS) is 3. The molecule has 0 bridgehead atoms. The summed E-state index contributed by atoms with van der Waals surface area (Å²) in [6.45, 7) is 0.800. The van der Waals surface area contributed by atoms with Gasteiger partial charge < -0.3 is 34.8 Å². The van der Waals surface area contributed by atoms with Gasteiger partial charge in [0.2, 0.25) is 0 Å². The molecule has 7 heteroatoms. The number of aliphatic carboxylic acids is 3. The molecule has 2 atom stereocenters. The Kier molecular flexibility index (Phi) is 3.58. The summed E-state index contributed by atoms with van der Waals surface area (Å²) in [6.07, 6.45) is -1.37. The summed E-state index contributed by atoms with van der Waals surface area (Å²) in [5.41, 5.74) is -3.02. The van der Waals surface area contributed by atoms with E-state index in [1.165, 1.54) is 0 Å². The van der Waals surface area contributed by atoms with E-state index in [2.05, 4.69) is 0 Å². The Balaban J connectivity index is 4.99. The highest BCUT2D eigenvalue weighted by Gasteiger charge is 2.36. The molecule has 7 nitrogen and oxygen atoms in total. The molecule has 0 amide bonds. The summed E-state index contributed by atoms with van der Waals surface area (Å²) in [5, 5.41) is 39.9. The van der Waals surface area contributed by atoms with Crippen LogP contribution in [0.3, 0.4) is 0 Å². The molecule has 0 aliphatic carbocycles. The predicted octanol–water partition coefficient (Wildman–Crippen LogP) is -5.01. The number of carboxylic acids is 3. The summed E-state index contributed by atoms with van der Waals surface area (Å²) >= 11 is 0. The first-order chi connectivity index (χ1) is 6.21. The van der Waals surface area contributed by atoms with Gasteiger partial charge in [-0.2, -0.15) is 0 Å². The average Bonchev–Trinajstić information content (AvgIpc) is 2.00. The van der Waals surface area contributed by atoms with Crippen LogP contribution >= 0.6 is 0 Å². The molecular formula is C7H7O7-3. The smallest absolute Gasteiger partial charge is 0.117 e. The molecule has 0 spiro atoms. The van der Waals surface area contributed by atoms with E-state index in [4.69, 9.17) is 0 Å². The van der Waals surface area contributed by atoms with Gasteiger partial charge in [0, 0.05) is 24.3 Å². The van der Waals surface area contributed by atoms with Crippen molar-refractivity contribution in [2.24, 2.45) is 5.92 Å². The van der Waals surface area contributed by atoms with E-state index in [0.29, 0.717) is 0 Å². The SMILES string of the molecule is C[C@H](C(=O)[O-])[C@@](O)(CC(=O)[O-])C(=O)[O-]. The fraction of sp³-hybridized carbons (Fsp3) is 0.571. The fourth-order valence-corrected chi connectivity index (χ4v) is 0.817. The van der Waals surface area contributed by atoms with Crippen molar-refractivity contribution in [3.63, 3.8) is 0 Å². The van der Waals surface area contributed by atoms with Gasteiger partial charge in [0.05, 0.1) is 5.97 Å². The Hall–Kier alpha value is -1.63. The van der Waals surface area contributed by atoms with Gasteiger partial charge in [-0.25, -0.2) is 0 Å². The number of hydrogen-bond acceptors (Lipinski definition) is 7. The Labute approximate surface area is 78.6 Å². The highest BCUT2D eigenvalue weighted by Crippen LogP contribution is 2.20. The van der Waals surface area contributed by atoms with Crippen molar-refractivity contribution in [2.45, 2.75) is 18.9 Å². The first-order valence-electron chi connectivity index (χ1n) is 3.56. The van der Waals surface area contributed by atoms with Crippen LogP contribution in [0.4, 0.5) is 0 Å². The molecule has 0 unspecified atom stereocenters. The zero-order valence-electron chi connectivity index (χ0n) is 7.18. The molecule has 0 saturated heterocycles. The maximum Gasteiger partial charge on any atom is 0.117 e. The lowest BCUT2D eigenvalue weighted by atomic mass is 9.86. The monoisotopic (exact) mass is 203 g/mol. The Morgan fingerprint density at radius 1 is 1.29 bits per heavy atom. The molecule has 0 heterocycles. The van der Waals surface area contributed by atoms with Crippen LogP contribution in [0, 0.1) is 5.92 Å². The number of rotatable bonds is 5. The molecule has 0 aromatic rings. The quantitative estimate of drug-likeness (QED) is 0.471. The van der Waals surface area contributed by atoms with Gasteiger partial charge in [-0.3, -0.25) is 0 Å². The minimum atomic E-state index is -3.02. The molecule has 0 saturated carbocycles. The topological polar surface area (TPSA) is 141 Å². The van der Waals surface area contributed by atoms with Gasteiger partial charge in [-0.05, 0) is 0 Å². The van der Waals surface area contributed by atoms with Crippen molar-refractivity contribution in [3.05, 3.63) is 0 Å². The normalized spacial score (nSPS) is 16.7. The Morgan fingerprint density at radius 3 is 1.93 bits per heavy atom. The van der Waals surface area contributed by atoms with E-state index in [0.717, 1.165) is 6.92 Å². The molecule has 0 aliphatic heterocycles. The second-order valence-corrected chi connectivity index (χ2v) is 2.80. The highest BCUT2D eigenvalue weighted by molar-refractivity contribution is 5.87. The third kappa shape index (κ3) is 2.43. The van der Waals surface area contributed by atoms with Gasteiger partial charge in [0.1, 0.15) is 5.60 Å². The molecule has 0 aromatic heterocycles. The summed E-state index contributed by atoms with van der Waals surface area (Å²) in [4.78, 5) is 30.7. The summed E-state index contributed by atoms with van der Waals surface area (Å²) in [7, 11) is 0. The third-order valence-corrected chi connectivity index (χ3v) is 1.84. The summed E-state index contributed by atoms with van der Waals surface area (Å²) in [5.74, 6) is -7.90. The van der Waals surface area contributed by atoms with E-state index in [1.54, 1.807) is 0 Å². The molecule has 0 aromatic carbocycles. The van der Waals surface area contributed by atoms with Crippen LogP contribution in [-0.4, -0.2) is 28.6 Å². The van der Waals surface area contributed by atoms with Gasteiger partial charge >= 0.3 is 0 Å². The van der Waals surface area contributed by atoms with E-state index < -0.39 is 35.8 Å². The molecule has 0 aliphatic rings. The number of carbonyl (C=O) groups is 3. The van der Waals surface area contributed by atoms with E-state index in [1.807, 2.05) is 0 Å². The number of carbonyl (C=O) groups excluding carboxylic acids is 3. The summed E-state index contributed by atoms with van der Waals surface area (Å²) < 4.78 is 0. The Morgan fingerprint density at radius 2 is 1.71 bits per heavy atom. The van der Waals surface area contributed by atoms with Crippen LogP contribution in [0.5, 0.6) is 0 Å². The lowest BCUT2D eigenvalue weighted by molar-refractivity contribution is -0.345. The number of hydrogen-bond donors (Lipinski definition) is 1. The van der Waals surface area contributed by atoms with Crippen LogP contribution in [0.1, 0.15) is 13.3 Å². The zero-order chi connectivity index (χ0) is 11.5. The van der Waals surface area contributed by atoms with Crippen LogP contribution in [0.15, 0.2) is 0 Å². The lowest BCUT2D eigenvalue weighted by Crippen LogP contribution is -2.59. The largest absolute Gasteiger partial charge is 0.550 e. The van der Waals surface area contributed by atoms with Crippen molar-refractivity contribution in [1.82, 2.24) is 0 Å². The first-order valence-corrected chi connectivity index (χ1v) is 3.56. The first kappa shape index (κ1) is 12.4. The molecule has 0 radical (unpaired) electrons. The molecule has 14 heavy (non-hydrogen) atoms. The second-order valence-electron chi connectivity index (χ2n) is 2.80. The molecule has 1 N–H and O–H groups in total. The molecular weight excluding hydrogens is 196 g/mol. The van der Waals surface area contributed by atoms with Crippen molar-refractivity contribution in [1.29, 1.82) is 0 Å². The second kappa shape index (κ2) is 4.05. The molecule has 0 fully saturated rings. The van der Waals surface area contributed by atoms with Crippen LogP contribution in [0.25, 0.3) is 0 Å². The maximum atomic E-state index is 10.4. The van der Waals surface area contributed by atoms with Crippen LogP contribution in [-0.2, 0) is 14.4 Å². The molecule has 0 rings (SSSR count). The van der Waals surface area contributed by atoms with Gasteiger partial charge in [0.25, 0.3) is 0 Å². The highest BCUT2D eigenvalue weighted by atomic mass is 16.4. The minimum Gasteiger partial charge on any atom is -0.550 e. The van der Waals surface area contributed by atoms with Crippen LogP contribution in [0.2, 0.25) is 0 Å². The van der Waals surface area contributed by atoms with E-state index in [-0.39, 0.29) is 0 Å². The molecule has 80 valence electrons. The van der Waals surface area contributed by atoms with Gasteiger partial charge in [-0.1, -0.05) is 6.92 Å².